The third kappa shape index (κ3) is 4.46. The Hall–Kier alpha value is -2.64. The second-order valence-corrected chi connectivity index (χ2v) is 7.97. The van der Waals surface area contributed by atoms with Crippen molar-refractivity contribution in [3.63, 3.8) is 0 Å². The molecule has 0 aliphatic carbocycles. The van der Waals surface area contributed by atoms with Crippen molar-refractivity contribution in [2.75, 3.05) is 4.72 Å². The topological polar surface area (TPSA) is 75.3 Å². The summed E-state index contributed by atoms with van der Waals surface area (Å²) in [6, 6.07) is 18.4. The Balaban J connectivity index is 1.67. The van der Waals surface area contributed by atoms with Crippen LogP contribution in [-0.2, 0) is 16.6 Å². The lowest BCUT2D eigenvalue weighted by atomic mass is 10.2. The van der Waals surface area contributed by atoms with Gasteiger partial charge in [0.25, 0.3) is 15.9 Å². The van der Waals surface area contributed by atoms with Crippen molar-refractivity contribution in [3.05, 3.63) is 82.6 Å². The molecule has 1 heterocycles. The molecule has 2 N–H and O–H groups in total. The number of sulfonamides is 1. The molecule has 0 unspecified atom stereocenters. The number of benzene rings is 2. The Bertz CT molecular complexity index is 936. The monoisotopic (exact) mass is 372 g/mol. The van der Waals surface area contributed by atoms with E-state index < -0.39 is 10.0 Å². The highest BCUT2D eigenvalue weighted by molar-refractivity contribution is 7.92. The summed E-state index contributed by atoms with van der Waals surface area (Å²) < 4.78 is 27.2. The molecular weight excluding hydrogens is 356 g/mol. The summed E-state index contributed by atoms with van der Waals surface area (Å²) in [5.74, 6) is -0.242. The lowest BCUT2D eigenvalue weighted by Crippen LogP contribution is -2.22. The molecule has 3 rings (SSSR count). The molecule has 0 aliphatic heterocycles. The standard InChI is InChI=1S/C18H16N2O3S2/c21-18(19-13-16-7-4-12-24-16)14-8-10-17(11-9-14)25(22,23)20-15-5-2-1-3-6-15/h1-12,20H,13H2,(H,19,21). The largest absolute Gasteiger partial charge is 0.347 e. The van der Waals surface area contributed by atoms with E-state index in [-0.39, 0.29) is 10.8 Å². The molecule has 5 nitrogen and oxygen atoms in total. The number of hydrogen-bond donors (Lipinski definition) is 2. The highest BCUT2D eigenvalue weighted by Crippen LogP contribution is 2.16. The number of nitrogens with one attached hydrogen (secondary N) is 2. The van der Waals surface area contributed by atoms with E-state index in [2.05, 4.69) is 10.0 Å². The Morgan fingerprint density at radius 3 is 2.28 bits per heavy atom. The fourth-order valence-electron chi connectivity index (χ4n) is 2.19. The number of thiophene rings is 1. The highest BCUT2D eigenvalue weighted by atomic mass is 32.2. The van der Waals surface area contributed by atoms with Gasteiger partial charge >= 0.3 is 0 Å². The maximum absolute atomic E-state index is 12.4. The third-order valence-electron chi connectivity index (χ3n) is 3.46. The summed E-state index contributed by atoms with van der Waals surface area (Å²) >= 11 is 1.56. The first-order valence-electron chi connectivity index (χ1n) is 7.53. The van der Waals surface area contributed by atoms with E-state index in [1.54, 1.807) is 41.7 Å². The Morgan fingerprint density at radius 2 is 1.64 bits per heavy atom. The second-order valence-electron chi connectivity index (χ2n) is 5.26. The van der Waals surface area contributed by atoms with Gasteiger partial charge in [-0.2, -0.15) is 0 Å². The number of anilines is 1. The molecule has 0 radical (unpaired) electrons. The fraction of sp³-hybridized carbons (Fsp3) is 0.0556. The van der Waals surface area contributed by atoms with Crippen LogP contribution in [0.3, 0.4) is 0 Å². The molecule has 0 saturated carbocycles. The smallest absolute Gasteiger partial charge is 0.261 e. The molecule has 25 heavy (non-hydrogen) atoms. The first-order valence-corrected chi connectivity index (χ1v) is 9.89. The number of carbonyl (C=O) groups excluding carboxylic acids is 1. The predicted octanol–water partition coefficient (Wildman–Crippen LogP) is 3.48. The minimum Gasteiger partial charge on any atom is -0.347 e. The van der Waals surface area contributed by atoms with E-state index in [0.717, 1.165) is 4.88 Å². The minimum absolute atomic E-state index is 0.103. The molecule has 3 aromatic rings. The van der Waals surface area contributed by atoms with Crippen molar-refractivity contribution in [1.82, 2.24) is 5.32 Å². The van der Waals surface area contributed by atoms with Crippen LogP contribution >= 0.6 is 11.3 Å². The number of carbonyl (C=O) groups is 1. The molecular formula is C18H16N2O3S2. The van der Waals surface area contributed by atoms with Crippen LogP contribution in [0.1, 0.15) is 15.2 Å². The average Bonchev–Trinajstić information content (AvgIpc) is 3.14. The van der Waals surface area contributed by atoms with Gasteiger partial charge in [-0.1, -0.05) is 24.3 Å². The molecule has 1 aromatic heterocycles. The lowest BCUT2D eigenvalue weighted by Gasteiger charge is -2.09. The Labute approximate surface area is 150 Å². The molecule has 1 amide bonds. The quantitative estimate of drug-likeness (QED) is 0.696. The van der Waals surface area contributed by atoms with E-state index in [1.165, 1.54) is 24.3 Å². The zero-order chi connectivity index (χ0) is 17.7. The van der Waals surface area contributed by atoms with Crippen LogP contribution in [0.5, 0.6) is 0 Å². The van der Waals surface area contributed by atoms with Gasteiger partial charge in [0.05, 0.1) is 11.4 Å². The predicted molar refractivity (Wildman–Crippen MR) is 99.2 cm³/mol. The molecule has 0 bridgehead atoms. The third-order valence-corrected chi connectivity index (χ3v) is 5.73. The molecule has 0 saturated heterocycles. The van der Waals surface area contributed by atoms with Gasteiger partial charge in [-0.25, -0.2) is 8.42 Å². The van der Waals surface area contributed by atoms with E-state index in [1.807, 2.05) is 17.5 Å². The molecule has 0 fully saturated rings. The summed E-state index contributed by atoms with van der Waals surface area (Å²) in [6.45, 7) is 0.451. The van der Waals surface area contributed by atoms with Gasteiger partial charge in [0.1, 0.15) is 0 Å². The van der Waals surface area contributed by atoms with Gasteiger partial charge in [-0.05, 0) is 47.8 Å². The number of rotatable bonds is 6. The van der Waals surface area contributed by atoms with Gasteiger partial charge in [0.2, 0.25) is 0 Å². The van der Waals surface area contributed by atoms with Gasteiger partial charge in [0.15, 0.2) is 0 Å². The van der Waals surface area contributed by atoms with Gasteiger partial charge in [-0.3, -0.25) is 9.52 Å². The summed E-state index contributed by atoms with van der Waals surface area (Å²) in [7, 11) is -3.68. The van der Waals surface area contributed by atoms with Crippen LogP contribution in [-0.4, -0.2) is 14.3 Å². The Morgan fingerprint density at radius 1 is 0.920 bits per heavy atom. The van der Waals surface area contributed by atoms with Crippen molar-refractivity contribution in [3.8, 4) is 0 Å². The lowest BCUT2D eigenvalue weighted by molar-refractivity contribution is 0.0951. The Kier molecular flexibility index (Phi) is 5.16. The summed E-state index contributed by atoms with van der Waals surface area (Å²) in [4.78, 5) is 13.3. The van der Waals surface area contributed by atoms with Crippen LogP contribution in [0, 0.1) is 0 Å². The van der Waals surface area contributed by atoms with Crippen molar-refractivity contribution in [2.24, 2.45) is 0 Å². The van der Waals surface area contributed by atoms with Gasteiger partial charge in [0, 0.05) is 16.1 Å². The van der Waals surface area contributed by atoms with Crippen molar-refractivity contribution in [1.29, 1.82) is 0 Å². The zero-order valence-corrected chi connectivity index (χ0v) is 14.8. The van der Waals surface area contributed by atoms with Crippen LogP contribution in [0.2, 0.25) is 0 Å². The van der Waals surface area contributed by atoms with Crippen LogP contribution < -0.4 is 10.0 Å². The summed E-state index contributed by atoms with van der Waals surface area (Å²) in [5, 5.41) is 4.75. The van der Waals surface area contributed by atoms with E-state index >= 15 is 0 Å². The SMILES string of the molecule is O=C(NCc1cccs1)c1ccc(S(=O)(=O)Nc2ccccc2)cc1. The van der Waals surface area contributed by atoms with Crippen molar-refractivity contribution < 1.29 is 13.2 Å². The molecule has 0 spiro atoms. The van der Waals surface area contributed by atoms with Gasteiger partial charge < -0.3 is 5.32 Å². The molecule has 128 valence electrons. The van der Waals surface area contributed by atoms with Crippen molar-refractivity contribution in [2.45, 2.75) is 11.4 Å². The molecule has 7 heteroatoms. The normalized spacial score (nSPS) is 11.0. The van der Waals surface area contributed by atoms with Crippen LogP contribution in [0.25, 0.3) is 0 Å². The maximum Gasteiger partial charge on any atom is 0.261 e. The second kappa shape index (κ2) is 7.50. The number of hydrogen-bond acceptors (Lipinski definition) is 4. The summed E-state index contributed by atoms with van der Waals surface area (Å²) in [5.41, 5.74) is 0.899. The fourth-order valence-corrected chi connectivity index (χ4v) is 3.89. The molecule has 0 aliphatic rings. The molecule has 2 aromatic carbocycles. The number of para-hydroxylation sites is 1. The maximum atomic E-state index is 12.4. The molecule has 0 atom stereocenters. The van der Waals surface area contributed by atoms with Crippen molar-refractivity contribution >= 4 is 33.0 Å². The van der Waals surface area contributed by atoms with Gasteiger partial charge in [-0.15, -0.1) is 11.3 Å². The first kappa shape index (κ1) is 17.2. The first-order chi connectivity index (χ1) is 12.0. The van der Waals surface area contributed by atoms with E-state index in [0.29, 0.717) is 17.8 Å². The van der Waals surface area contributed by atoms with E-state index in [4.69, 9.17) is 0 Å². The van der Waals surface area contributed by atoms with Crippen LogP contribution in [0.15, 0.2) is 77.0 Å². The number of amides is 1. The highest BCUT2D eigenvalue weighted by Gasteiger charge is 2.15. The van der Waals surface area contributed by atoms with E-state index in [9.17, 15) is 13.2 Å². The zero-order valence-electron chi connectivity index (χ0n) is 13.2. The van der Waals surface area contributed by atoms with Crippen LogP contribution in [0.4, 0.5) is 5.69 Å². The minimum atomic E-state index is -3.68. The average molecular weight is 372 g/mol. The summed E-state index contributed by atoms with van der Waals surface area (Å²) in [6.07, 6.45) is 0.